The molecule has 5 atom stereocenters. The average Bonchev–Trinajstić information content (AvgIpc) is 3.25. The summed E-state index contributed by atoms with van der Waals surface area (Å²) in [5, 5.41) is 11.0. The molecule has 2 fully saturated rings. The molecule has 0 spiro atoms. The van der Waals surface area contributed by atoms with E-state index in [9.17, 15) is 14.4 Å². The van der Waals surface area contributed by atoms with Crippen LogP contribution < -0.4 is 26.8 Å². The van der Waals surface area contributed by atoms with Crippen molar-refractivity contribution in [3.05, 3.63) is 34.9 Å². The van der Waals surface area contributed by atoms with Crippen LogP contribution in [0, 0.1) is 5.92 Å². The number of alkyl carbamates (subject to hydrolysis) is 1. The van der Waals surface area contributed by atoms with E-state index < -0.39 is 48.4 Å². The first-order valence-electron chi connectivity index (χ1n) is 15.4. The number of primary amides is 1. The van der Waals surface area contributed by atoms with Crippen LogP contribution in [0.4, 0.5) is 16.4 Å². The Balaban J connectivity index is 1.41. The number of imidazole rings is 1. The Morgan fingerprint density at radius 1 is 1.23 bits per heavy atom. The second-order valence-corrected chi connectivity index (χ2v) is 10.9. The number of carbonyl (C=O) groups is 2. The van der Waals surface area contributed by atoms with Gasteiger partial charge < -0.3 is 30.6 Å². The zero-order valence-corrected chi connectivity index (χ0v) is 24.2. The molecular weight excluding hydrogens is 558 g/mol. The molecule has 0 saturated heterocycles. The Morgan fingerprint density at radius 2 is 2.02 bits per heavy atom. The molecule has 2 aliphatic carbocycles. The standard InChI is InChI=1S/C28H35N9O6/c1-6-43-24-16-7-8-21(33-23(16)37(34-24)28(25(29)38)12-14(28)2)32-22-11-18-19(13-30-22)35(3)27(40)36(18)15-9-17(20(10-15)41-4)31-26(39)42-5/h7-8,11,13-15,17,20H,6,9-10,12H2,1-5H3,(H2,29,38)(H,31,39)(H,30,32,33)/t14-,15-,17-,20-,28-/m0/s1/i3D3. The van der Waals surface area contributed by atoms with Crippen LogP contribution in [0.5, 0.6) is 5.88 Å². The van der Waals surface area contributed by atoms with Crippen LogP contribution in [0.15, 0.2) is 29.2 Å². The average molecular weight is 597 g/mol. The fraction of sp³-hybridized carbons (Fsp3) is 0.500. The third-order valence-corrected chi connectivity index (χ3v) is 8.51. The smallest absolute Gasteiger partial charge is 0.407 e. The number of fused-ring (bicyclic) bond motifs is 2. The summed E-state index contributed by atoms with van der Waals surface area (Å²) in [4.78, 5) is 47.3. The predicted octanol–water partition coefficient (Wildman–Crippen LogP) is 1.92. The van der Waals surface area contributed by atoms with Gasteiger partial charge in [-0.05, 0) is 44.2 Å². The maximum Gasteiger partial charge on any atom is 0.407 e. The molecule has 43 heavy (non-hydrogen) atoms. The van der Waals surface area contributed by atoms with Crippen molar-refractivity contribution in [2.75, 3.05) is 26.1 Å². The Bertz CT molecular complexity index is 1900. The fourth-order valence-electron chi connectivity index (χ4n) is 6.19. The zero-order valence-electron chi connectivity index (χ0n) is 27.2. The van der Waals surface area contributed by atoms with E-state index in [0.29, 0.717) is 54.1 Å². The first kappa shape index (κ1) is 24.9. The Labute approximate surface area is 250 Å². The van der Waals surface area contributed by atoms with Crippen molar-refractivity contribution >= 4 is 45.7 Å². The molecule has 15 heteroatoms. The van der Waals surface area contributed by atoms with E-state index in [2.05, 4.69) is 20.7 Å². The monoisotopic (exact) mass is 596 g/mol. The number of aromatic nitrogens is 6. The van der Waals surface area contributed by atoms with E-state index in [-0.39, 0.29) is 17.3 Å². The molecule has 6 rings (SSSR count). The van der Waals surface area contributed by atoms with Gasteiger partial charge in [-0.1, -0.05) is 6.92 Å². The third kappa shape index (κ3) is 4.54. The minimum Gasteiger partial charge on any atom is -0.476 e. The highest BCUT2D eigenvalue weighted by atomic mass is 16.5. The van der Waals surface area contributed by atoms with Gasteiger partial charge in [-0.25, -0.2) is 24.2 Å². The zero-order chi connectivity index (χ0) is 33.1. The van der Waals surface area contributed by atoms with Crippen LogP contribution in [-0.4, -0.2) is 73.9 Å². The predicted molar refractivity (Wildman–Crippen MR) is 156 cm³/mol. The van der Waals surface area contributed by atoms with Crippen molar-refractivity contribution in [3.8, 4) is 5.88 Å². The number of anilines is 2. The number of carbonyl (C=O) groups excluding carboxylic acids is 2. The van der Waals surface area contributed by atoms with Crippen LogP contribution in [0.2, 0.25) is 0 Å². The van der Waals surface area contributed by atoms with Crippen molar-refractivity contribution < 1.29 is 27.9 Å². The van der Waals surface area contributed by atoms with Crippen LogP contribution >= 0.6 is 0 Å². The molecule has 228 valence electrons. The fourth-order valence-corrected chi connectivity index (χ4v) is 6.19. The summed E-state index contributed by atoms with van der Waals surface area (Å²) in [5.41, 5.74) is 4.88. The number of amides is 2. The van der Waals surface area contributed by atoms with Crippen molar-refractivity contribution in [1.29, 1.82) is 0 Å². The van der Waals surface area contributed by atoms with Gasteiger partial charge in [-0.15, -0.1) is 5.10 Å². The molecule has 0 unspecified atom stereocenters. The van der Waals surface area contributed by atoms with Gasteiger partial charge in [0, 0.05) is 30.3 Å². The molecule has 4 N–H and O–H groups in total. The van der Waals surface area contributed by atoms with Crippen molar-refractivity contribution in [3.63, 3.8) is 0 Å². The molecule has 4 aromatic heterocycles. The summed E-state index contributed by atoms with van der Waals surface area (Å²) in [6.07, 6.45) is 1.38. The van der Waals surface area contributed by atoms with Gasteiger partial charge >= 0.3 is 11.8 Å². The highest BCUT2D eigenvalue weighted by Crippen LogP contribution is 2.51. The minimum atomic E-state index is -2.78. The van der Waals surface area contributed by atoms with Gasteiger partial charge in [-0.2, -0.15) is 0 Å². The first-order valence-corrected chi connectivity index (χ1v) is 13.9. The van der Waals surface area contributed by atoms with Crippen LogP contribution in [-0.2, 0) is 26.8 Å². The normalized spacial score (nSPS) is 26.1. The van der Waals surface area contributed by atoms with Crippen LogP contribution in [0.25, 0.3) is 22.1 Å². The number of ether oxygens (including phenoxy) is 3. The minimum absolute atomic E-state index is 0.0419. The number of methoxy groups -OCH3 is 2. The number of pyridine rings is 2. The molecule has 0 bridgehead atoms. The highest BCUT2D eigenvalue weighted by Gasteiger charge is 2.60. The van der Waals surface area contributed by atoms with Gasteiger partial charge in [0.15, 0.2) is 5.65 Å². The summed E-state index contributed by atoms with van der Waals surface area (Å²) in [5.74, 6) is 0.407. The van der Waals surface area contributed by atoms with Crippen molar-refractivity contribution in [1.82, 2.24) is 34.2 Å². The number of rotatable bonds is 9. The lowest BCUT2D eigenvalue weighted by atomic mass is 10.2. The number of hydrogen-bond acceptors (Lipinski definition) is 10. The molecule has 0 aromatic carbocycles. The van der Waals surface area contributed by atoms with Gasteiger partial charge in [-0.3, -0.25) is 13.9 Å². The summed E-state index contributed by atoms with van der Waals surface area (Å²) < 4.78 is 43.9. The number of nitrogens with two attached hydrogens (primary N) is 1. The largest absolute Gasteiger partial charge is 0.476 e. The van der Waals surface area contributed by atoms with Crippen molar-refractivity contribution in [2.24, 2.45) is 18.6 Å². The molecule has 15 nitrogen and oxygen atoms in total. The second-order valence-electron chi connectivity index (χ2n) is 10.9. The number of nitrogens with zero attached hydrogens (tertiary/aromatic N) is 6. The number of hydrogen-bond donors (Lipinski definition) is 3. The molecule has 0 aliphatic heterocycles. The quantitative estimate of drug-likeness (QED) is 0.258. The van der Waals surface area contributed by atoms with Gasteiger partial charge in [0.1, 0.15) is 17.2 Å². The lowest BCUT2D eigenvalue weighted by molar-refractivity contribution is -0.123. The molecule has 2 saturated carbocycles. The molecule has 4 heterocycles. The summed E-state index contributed by atoms with van der Waals surface area (Å²) in [7, 11) is 2.75. The highest BCUT2D eigenvalue weighted by molar-refractivity contribution is 5.91. The topological polar surface area (TPSA) is 182 Å². The lowest BCUT2D eigenvalue weighted by Gasteiger charge is -2.18. The van der Waals surface area contributed by atoms with Gasteiger partial charge in [0.05, 0.1) is 48.5 Å². The summed E-state index contributed by atoms with van der Waals surface area (Å²) in [6, 6.07) is 4.05. The van der Waals surface area contributed by atoms with Crippen LogP contribution in [0.3, 0.4) is 0 Å². The summed E-state index contributed by atoms with van der Waals surface area (Å²) >= 11 is 0. The molecular formula is C28H35N9O6. The van der Waals surface area contributed by atoms with E-state index in [1.54, 1.807) is 18.2 Å². The molecule has 4 aromatic rings. The van der Waals surface area contributed by atoms with Gasteiger partial charge in [0.25, 0.3) is 0 Å². The molecule has 2 amide bonds. The Hall–Kier alpha value is -4.66. The van der Waals surface area contributed by atoms with E-state index >= 15 is 0 Å². The summed E-state index contributed by atoms with van der Waals surface area (Å²) in [6.45, 7) is 1.32. The molecule has 2 aliphatic rings. The third-order valence-electron chi connectivity index (χ3n) is 8.51. The van der Waals surface area contributed by atoms with E-state index in [0.717, 1.165) is 4.57 Å². The van der Waals surface area contributed by atoms with E-state index in [1.165, 1.54) is 29.7 Å². The molecule has 0 radical (unpaired) electrons. The maximum atomic E-state index is 13.7. The maximum absolute atomic E-state index is 13.7. The SMILES string of the molecule is [2H]C([2H])([2H])n1c(=O)n([C@H]2C[C@H](NC(=O)OC)[C@@H](OC)C2)c2cc(Nc3ccc4c(OCC)nn([C@@]5(C(N)=O)C[C@@H]5C)c4n3)ncc21. The first-order chi connectivity index (χ1) is 21.8. The number of aryl methyl sites for hydroxylation is 1. The van der Waals surface area contributed by atoms with Gasteiger partial charge in [0.2, 0.25) is 11.8 Å². The second kappa shape index (κ2) is 10.6. The van der Waals surface area contributed by atoms with E-state index in [1.807, 2.05) is 13.8 Å². The van der Waals surface area contributed by atoms with E-state index in [4.69, 9.17) is 29.0 Å². The lowest BCUT2D eigenvalue weighted by Crippen LogP contribution is -2.40. The number of nitrogens with one attached hydrogen (secondary N) is 2. The Kier molecular flexibility index (Phi) is 6.11. The Morgan fingerprint density at radius 3 is 2.67 bits per heavy atom. The van der Waals surface area contributed by atoms with Crippen molar-refractivity contribution in [2.45, 2.75) is 56.8 Å². The van der Waals surface area contributed by atoms with Crippen LogP contribution in [0.1, 0.15) is 43.3 Å².